The Labute approximate surface area is 101 Å². The highest BCUT2D eigenvalue weighted by Crippen LogP contribution is 2.56. The monoisotopic (exact) mass is 230 g/mol. The molecule has 3 saturated carbocycles. The van der Waals surface area contributed by atoms with Crippen LogP contribution in [0.4, 0.5) is 0 Å². The summed E-state index contributed by atoms with van der Waals surface area (Å²) >= 11 is 0. The van der Waals surface area contributed by atoms with Gasteiger partial charge in [-0.05, 0) is 49.9 Å². The molecule has 0 spiro atoms. The van der Waals surface area contributed by atoms with E-state index in [1.165, 1.54) is 12.8 Å². The average Bonchev–Trinajstić information content (AvgIpc) is 3.16. The van der Waals surface area contributed by atoms with E-state index in [2.05, 4.69) is 6.08 Å². The molecule has 90 valence electrons. The SMILES string of the molecule is O=C1C(=O)C2CCC(C3=CC3)C3CCCC1C23. The van der Waals surface area contributed by atoms with Gasteiger partial charge in [0.25, 0.3) is 0 Å². The molecule has 5 atom stereocenters. The Morgan fingerprint density at radius 1 is 0.882 bits per heavy atom. The number of rotatable bonds is 1. The van der Waals surface area contributed by atoms with Gasteiger partial charge in [-0.3, -0.25) is 9.59 Å². The van der Waals surface area contributed by atoms with Crippen LogP contribution < -0.4 is 0 Å². The van der Waals surface area contributed by atoms with Crippen molar-refractivity contribution in [1.29, 1.82) is 0 Å². The zero-order chi connectivity index (χ0) is 11.6. The molecule has 0 radical (unpaired) electrons. The molecule has 0 saturated heterocycles. The maximum atomic E-state index is 12.0. The van der Waals surface area contributed by atoms with Crippen molar-refractivity contribution in [3.8, 4) is 0 Å². The number of ketones is 2. The van der Waals surface area contributed by atoms with Gasteiger partial charge >= 0.3 is 0 Å². The molecule has 0 aliphatic heterocycles. The van der Waals surface area contributed by atoms with E-state index in [9.17, 15) is 9.59 Å². The zero-order valence-electron chi connectivity index (χ0n) is 10.0. The summed E-state index contributed by atoms with van der Waals surface area (Å²) in [5.41, 5.74) is 1.63. The fourth-order valence-electron chi connectivity index (χ4n) is 4.87. The second-order valence-corrected chi connectivity index (χ2v) is 6.28. The first-order valence-corrected chi connectivity index (χ1v) is 7.04. The van der Waals surface area contributed by atoms with Crippen molar-refractivity contribution in [3.05, 3.63) is 11.6 Å². The quantitative estimate of drug-likeness (QED) is 0.512. The number of carbonyl (C=O) groups is 2. The maximum absolute atomic E-state index is 12.0. The molecule has 0 bridgehead atoms. The van der Waals surface area contributed by atoms with E-state index in [1.807, 2.05) is 0 Å². The zero-order valence-corrected chi connectivity index (χ0v) is 10.0. The first kappa shape index (κ1) is 10.0. The van der Waals surface area contributed by atoms with Gasteiger partial charge < -0.3 is 0 Å². The van der Waals surface area contributed by atoms with E-state index < -0.39 is 0 Å². The van der Waals surface area contributed by atoms with Crippen molar-refractivity contribution in [2.45, 2.75) is 38.5 Å². The van der Waals surface area contributed by atoms with Gasteiger partial charge in [-0.25, -0.2) is 0 Å². The molecular formula is C15H18O2. The Morgan fingerprint density at radius 3 is 2.24 bits per heavy atom. The second kappa shape index (κ2) is 3.30. The molecule has 0 aromatic carbocycles. The Balaban J connectivity index is 1.72. The lowest BCUT2D eigenvalue weighted by atomic mass is 9.60. The summed E-state index contributed by atoms with van der Waals surface area (Å²) in [5.74, 6) is 1.96. The van der Waals surface area contributed by atoms with E-state index in [-0.39, 0.29) is 23.4 Å². The molecule has 2 nitrogen and oxygen atoms in total. The van der Waals surface area contributed by atoms with E-state index >= 15 is 0 Å². The third-order valence-electron chi connectivity index (χ3n) is 5.61. The van der Waals surface area contributed by atoms with Gasteiger partial charge in [-0.1, -0.05) is 18.1 Å². The predicted molar refractivity (Wildman–Crippen MR) is 63.2 cm³/mol. The molecule has 2 heteroatoms. The fraction of sp³-hybridized carbons (Fsp3) is 0.733. The Kier molecular flexibility index (Phi) is 1.95. The predicted octanol–water partition coefficient (Wildman–Crippen LogP) is 2.53. The number of carbonyl (C=O) groups excluding carboxylic acids is 2. The highest BCUT2D eigenvalue weighted by atomic mass is 16.2. The second-order valence-electron chi connectivity index (χ2n) is 6.28. The smallest absolute Gasteiger partial charge is 0.202 e. The summed E-state index contributed by atoms with van der Waals surface area (Å²) < 4.78 is 0. The van der Waals surface area contributed by atoms with Gasteiger partial charge in [0.05, 0.1) is 0 Å². The molecule has 4 aliphatic rings. The number of hydrogen-bond acceptors (Lipinski definition) is 2. The molecule has 4 aliphatic carbocycles. The topological polar surface area (TPSA) is 34.1 Å². The molecule has 5 unspecified atom stereocenters. The van der Waals surface area contributed by atoms with Crippen LogP contribution in [0.1, 0.15) is 38.5 Å². The van der Waals surface area contributed by atoms with Crippen molar-refractivity contribution in [2.24, 2.45) is 29.6 Å². The highest BCUT2D eigenvalue weighted by Gasteiger charge is 2.57. The van der Waals surface area contributed by atoms with E-state index in [4.69, 9.17) is 0 Å². The fourth-order valence-corrected chi connectivity index (χ4v) is 4.87. The summed E-state index contributed by atoms with van der Waals surface area (Å²) in [7, 11) is 0. The number of Topliss-reactive ketones (excluding diaryl/α,β-unsaturated/α-hetero) is 2. The van der Waals surface area contributed by atoms with Crippen molar-refractivity contribution < 1.29 is 9.59 Å². The maximum Gasteiger partial charge on any atom is 0.202 e. The minimum atomic E-state index is -0.0184. The van der Waals surface area contributed by atoms with Crippen LogP contribution in [0.3, 0.4) is 0 Å². The molecular weight excluding hydrogens is 212 g/mol. The van der Waals surface area contributed by atoms with E-state index in [0.717, 1.165) is 31.6 Å². The Hall–Kier alpha value is -0.920. The van der Waals surface area contributed by atoms with Crippen LogP contribution in [0.2, 0.25) is 0 Å². The van der Waals surface area contributed by atoms with Crippen molar-refractivity contribution in [3.63, 3.8) is 0 Å². The lowest BCUT2D eigenvalue weighted by molar-refractivity contribution is -0.137. The third kappa shape index (κ3) is 1.27. The van der Waals surface area contributed by atoms with Crippen LogP contribution >= 0.6 is 0 Å². The molecule has 0 aromatic heterocycles. The van der Waals surface area contributed by atoms with Gasteiger partial charge in [0, 0.05) is 11.8 Å². The Bertz CT molecular complexity index is 418. The van der Waals surface area contributed by atoms with Crippen LogP contribution in [0.15, 0.2) is 11.6 Å². The standard InChI is InChI=1S/C15H18O2/c16-14-11-3-1-2-10-9(8-4-5-8)6-7-12(13(10)11)15(14)17/h4,9-13H,1-3,5-7H2. The van der Waals surface area contributed by atoms with E-state index in [0.29, 0.717) is 11.8 Å². The average molecular weight is 230 g/mol. The molecule has 3 fully saturated rings. The summed E-state index contributed by atoms with van der Waals surface area (Å²) in [4.78, 5) is 24.0. The summed E-state index contributed by atoms with van der Waals surface area (Å²) in [6.45, 7) is 0. The summed E-state index contributed by atoms with van der Waals surface area (Å²) in [6.07, 6.45) is 9.06. The molecule has 0 amide bonds. The molecule has 0 heterocycles. The first-order chi connectivity index (χ1) is 8.27. The lowest BCUT2D eigenvalue weighted by Gasteiger charge is -2.43. The number of hydrogen-bond donors (Lipinski definition) is 0. The van der Waals surface area contributed by atoms with E-state index in [1.54, 1.807) is 5.57 Å². The highest BCUT2D eigenvalue weighted by molar-refractivity contribution is 6.41. The molecule has 0 N–H and O–H groups in total. The normalized spacial score (nSPS) is 47.8. The van der Waals surface area contributed by atoms with Gasteiger partial charge in [0.1, 0.15) is 0 Å². The lowest BCUT2D eigenvalue weighted by Crippen LogP contribution is -2.38. The van der Waals surface area contributed by atoms with Crippen LogP contribution in [0, 0.1) is 29.6 Å². The van der Waals surface area contributed by atoms with Crippen molar-refractivity contribution in [1.82, 2.24) is 0 Å². The van der Waals surface area contributed by atoms with Gasteiger partial charge in [-0.15, -0.1) is 0 Å². The number of allylic oxidation sites excluding steroid dienone is 2. The summed E-state index contributed by atoms with van der Waals surface area (Å²) in [6, 6.07) is 0. The van der Waals surface area contributed by atoms with Crippen LogP contribution in [-0.4, -0.2) is 11.6 Å². The van der Waals surface area contributed by atoms with Crippen LogP contribution in [0.5, 0.6) is 0 Å². The van der Waals surface area contributed by atoms with Crippen LogP contribution in [-0.2, 0) is 9.59 Å². The summed E-state index contributed by atoms with van der Waals surface area (Å²) in [5, 5.41) is 0. The van der Waals surface area contributed by atoms with Crippen LogP contribution in [0.25, 0.3) is 0 Å². The Morgan fingerprint density at radius 2 is 1.53 bits per heavy atom. The molecule has 0 aromatic rings. The van der Waals surface area contributed by atoms with Gasteiger partial charge in [-0.2, -0.15) is 0 Å². The van der Waals surface area contributed by atoms with Crippen molar-refractivity contribution >= 4 is 11.6 Å². The minimum absolute atomic E-state index is 0.0184. The molecule has 17 heavy (non-hydrogen) atoms. The largest absolute Gasteiger partial charge is 0.291 e. The van der Waals surface area contributed by atoms with Gasteiger partial charge in [0.2, 0.25) is 11.6 Å². The van der Waals surface area contributed by atoms with Crippen molar-refractivity contribution in [2.75, 3.05) is 0 Å². The molecule has 4 rings (SSSR count). The minimum Gasteiger partial charge on any atom is -0.291 e. The van der Waals surface area contributed by atoms with Gasteiger partial charge in [0.15, 0.2) is 0 Å². The third-order valence-corrected chi connectivity index (χ3v) is 5.61. The first-order valence-electron chi connectivity index (χ1n) is 7.04.